The van der Waals surface area contributed by atoms with E-state index in [2.05, 4.69) is 17.6 Å². The van der Waals surface area contributed by atoms with Crippen molar-refractivity contribution in [3.8, 4) is 0 Å². The fourth-order valence-electron chi connectivity index (χ4n) is 4.40. The van der Waals surface area contributed by atoms with Gasteiger partial charge < -0.3 is 20.5 Å². The summed E-state index contributed by atoms with van der Waals surface area (Å²) in [7, 11) is 0. The highest BCUT2D eigenvalue weighted by molar-refractivity contribution is 5.76. The van der Waals surface area contributed by atoms with E-state index in [1.54, 1.807) is 0 Å². The van der Waals surface area contributed by atoms with Crippen LogP contribution in [0.3, 0.4) is 0 Å². The van der Waals surface area contributed by atoms with E-state index >= 15 is 0 Å². The number of carbonyl (C=O) groups is 3. The van der Waals surface area contributed by atoms with E-state index in [9.17, 15) is 19.5 Å². The highest BCUT2D eigenvalue weighted by Crippen LogP contribution is 2.13. The van der Waals surface area contributed by atoms with E-state index in [1.165, 1.54) is 77.0 Å². The number of aliphatic hydroxyl groups excluding tert-OH is 1. The average molecular weight is 541 g/mol. The molecule has 2 amide bonds. The maximum Gasteiger partial charge on any atom is 0.305 e. The van der Waals surface area contributed by atoms with Crippen LogP contribution in [0.2, 0.25) is 0 Å². The first kappa shape index (κ1) is 36.4. The Kier molecular flexibility index (Phi) is 27.2. The maximum absolute atomic E-state index is 12.0. The number of nitrogens with one attached hydrogen (secondary N) is 2. The quantitative estimate of drug-likeness (QED) is 0.0752. The molecule has 0 spiro atoms. The molecule has 0 aromatic rings. The van der Waals surface area contributed by atoms with Gasteiger partial charge in [-0.15, -0.1) is 0 Å². The Morgan fingerprint density at radius 2 is 0.947 bits per heavy atom. The van der Waals surface area contributed by atoms with Crippen LogP contribution in [0.1, 0.15) is 155 Å². The molecule has 0 bridgehead atoms. The second-order valence-corrected chi connectivity index (χ2v) is 10.7. The number of hydrogen-bond donors (Lipinski definition) is 3. The summed E-state index contributed by atoms with van der Waals surface area (Å²) < 4.78 is 5.17. The van der Waals surface area contributed by atoms with E-state index < -0.39 is 6.10 Å². The van der Waals surface area contributed by atoms with Crippen molar-refractivity contribution in [1.82, 2.24) is 10.6 Å². The molecule has 3 N–H and O–H groups in total. The third-order valence-corrected chi connectivity index (χ3v) is 6.84. The number of aliphatic hydroxyl groups is 1. The van der Waals surface area contributed by atoms with Crippen LogP contribution in [-0.4, -0.2) is 48.7 Å². The zero-order chi connectivity index (χ0) is 28.1. The van der Waals surface area contributed by atoms with Gasteiger partial charge in [0.2, 0.25) is 11.8 Å². The minimum Gasteiger partial charge on any atom is -0.466 e. The monoisotopic (exact) mass is 540 g/mol. The minimum absolute atomic E-state index is 0.0243. The van der Waals surface area contributed by atoms with Gasteiger partial charge in [-0.25, -0.2) is 0 Å². The Morgan fingerprint density at radius 3 is 1.37 bits per heavy atom. The molecule has 0 fully saturated rings. The Hall–Kier alpha value is -1.63. The molecule has 0 heterocycles. The standard InChI is InChI=1S/C31H60N2O5/c1-3-5-6-16-19-23-29(35)32-26-28(34)27-33-30(36)24-20-17-14-12-10-8-7-9-11-13-15-18-21-25-38-31(37)22-4-2/h28,34H,3-27H2,1-2H3,(H,32,35)(H,33,36). The molecule has 7 nitrogen and oxygen atoms in total. The van der Waals surface area contributed by atoms with Crippen LogP contribution in [0, 0.1) is 0 Å². The topological polar surface area (TPSA) is 105 Å². The minimum atomic E-state index is -0.746. The Balaban J connectivity index is 3.36. The van der Waals surface area contributed by atoms with Gasteiger partial charge >= 0.3 is 5.97 Å². The van der Waals surface area contributed by atoms with E-state index in [-0.39, 0.29) is 30.9 Å². The zero-order valence-corrected chi connectivity index (χ0v) is 24.8. The lowest BCUT2D eigenvalue weighted by Gasteiger charge is -2.13. The molecule has 1 atom stereocenters. The lowest BCUT2D eigenvalue weighted by Crippen LogP contribution is -2.39. The van der Waals surface area contributed by atoms with Crippen molar-refractivity contribution >= 4 is 17.8 Å². The van der Waals surface area contributed by atoms with Crippen LogP contribution < -0.4 is 10.6 Å². The van der Waals surface area contributed by atoms with Gasteiger partial charge in [-0.05, 0) is 25.7 Å². The van der Waals surface area contributed by atoms with Crippen LogP contribution >= 0.6 is 0 Å². The summed E-state index contributed by atoms with van der Waals surface area (Å²) in [4.78, 5) is 35.0. The number of carbonyl (C=O) groups excluding carboxylic acids is 3. The van der Waals surface area contributed by atoms with Gasteiger partial charge in [-0.2, -0.15) is 0 Å². The molecule has 7 heteroatoms. The van der Waals surface area contributed by atoms with Crippen LogP contribution in [-0.2, 0) is 19.1 Å². The van der Waals surface area contributed by atoms with Crippen molar-refractivity contribution in [1.29, 1.82) is 0 Å². The predicted octanol–water partition coefficient (Wildman–Crippen LogP) is 6.74. The van der Waals surface area contributed by atoms with E-state index in [1.807, 2.05) is 6.92 Å². The summed E-state index contributed by atoms with van der Waals surface area (Å²) in [6.45, 7) is 5.11. The first-order valence-electron chi connectivity index (χ1n) is 15.9. The number of unbranched alkanes of at least 4 members (excludes halogenated alkanes) is 16. The van der Waals surface area contributed by atoms with Crippen LogP contribution in [0.4, 0.5) is 0 Å². The Labute approximate surface area is 233 Å². The molecule has 0 saturated heterocycles. The molecular weight excluding hydrogens is 480 g/mol. The Bertz CT molecular complexity index is 570. The SMILES string of the molecule is CCCCCCCC(=O)NCC(O)CNC(=O)CCCCCCCCCCCCCCCOC(=O)CCC. The third kappa shape index (κ3) is 27.4. The number of ether oxygens (including phenoxy) is 1. The van der Waals surface area contributed by atoms with Crippen LogP contribution in [0.25, 0.3) is 0 Å². The lowest BCUT2D eigenvalue weighted by molar-refractivity contribution is -0.143. The molecule has 0 aromatic heterocycles. The predicted molar refractivity (Wildman–Crippen MR) is 156 cm³/mol. The van der Waals surface area contributed by atoms with Gasteiger partial charge in [0.15, 0.2) is 0 Å². The molecule has 0 radical (unpaired) electrons. The fourth-order valence-corrected chi connectivity index (χ4v) is 4.40. The van der Waals surface area contributed by atoms with Crippen molar-refractivity contribution in [3.63, 3.8) is 0 Å². The van der Waals surface area contributed by atoms with E-state index in [0.29, 0.717) is 25.9 Å². The molecule has 0 aliphatic carbocycles. The van der Waals surface area contributed by atoms with Crippen LogP contribution in [0.5, 0.6) is 0 Å². The Morgan fingerprint density at radius 1 is 0.553 bits per heavy atom. The molecule has 0 saturated carbocycles. The largest absolute Gasteiger partial charge is 0.466 e. The summed E-state index contributed by atoms with van der Waals surface area (Å²) in [5.74, 6) is -0.113. The zero-order valence-electron chi connectivity index (χ0n) is 24.8. The van der Waals surface area contributed by atoms with Gasteiger partial charge in [0, 0.05) is 32.4 Å². The first-order valence-corrected chi connectivity index (χ1v) is 15.9. The van der Waals surface area contributed by atoms with E-state index in [4.69, 9.17) is 4.74 Å². The highest BCUT2D eigenvalue weighted by Gasteiger charge is 2.09. The second kappa shape index (κ2) is 28.4. The number of amides is 2. The molecular formula is C31H60N2O5. The smallest absolute Gasteiger partial charge is 0.305 e. The molecule has 0 aliphatic heterocycles. The molecule has 0 rings (SSSR count). The van der Waals surface area contributed by atoms with Crippen molar-refractivity contribution in [2.45, 2.75) is 161 Å². The summed E-state index contributed by atoms with van der Waals surface area (Å²) in [5.41, 5.74) is 0. The van der Waals surface area contributed by atoms with Gasteiger partial charge in [-0.1, -0.05) is 110 Å². The molecule has 1 unspecified atom stereocenters. The van der Waals surface area contributed by atoms with Crippen molar-refractivity contribution in [2.75, 3.05) is 19.7 Å². The van der Waals surface area contributed by atoms with Crippen molar-refractivity contribution in [2.24, 2.45) is 0 Å². The van der Waals surface area contributed by atoms with Crippen molar-refractivity contribution in [3.05, 3.63) is 0 Å². The molecule has 38 heavy (non-hydrogen) atoms. The average Bonchev–Trinajstić information content (AvgIpc) is 2.90. The second-order valence-electron chi connectivity index (χ2n) is 10.7. The highest BCUT2D eigenvalue weighted by atomic mass is 16.5. The number of esters is 1. The van der Waals surface area contributed by atoms with Gasteiger partial charge in [0.25, 0.3) is 0 Å². The summed E-state index contributed by atoms with van der Waals surface area (Å²) >= 11 is 0. The maximum atomic E-state index is 12.0. The lowest BCUT2D eigenvalue weighted by atomic mass is 10.0. The number of rotatable bonds is 28. The number of hydrogen-bond acceptors (Lipinski definition) is 5. The van der Waals surface area contributed by atoms with Gasteiger partial charge in [-0.3, -0.25) is 14.4 Å². The molecule has 0 aliphatic rings. The summed E-state index contributed by atoms with van der Waals surface area (Å²) in [6.07, 6.45) is 22.6. The molecule has 0 aromatic carbocycles. The summed E-state index contributed by atoms with van der Waals surface area (Å²) in [5, 5.41) is 15.5. The first-order chi connectivity index (χ1) is 18.5. The molecule has 224 valence electrons. The van der Waals surface area contributed by atoms with Gasteiger partial charge in [0.1, 0.15) is 0 Å². The summed E-state index contributed by atoms with van der Waals surface area (Å²) in [6, 6.07) is 0. The normalized spacial score (nSPS) is 11.8. The van der Waals surface area contributed by atoms with Gasteiger partial charge in [0.05, 0.1) is 12.7 Å². The third-order valence-electron chi connectivity index (χ3n) is 6.84. The van der Waals surface area contributed by atoms with Crippen LogP contribution in [0.15, 0.2) is 0 Å². The van der Waals surface area contributed by atoms with E-state index in [0.717, 1.165) is 44.9 Å². The van der Waals surface area contributed by atoms with Crippen molar-refractivity contribution < 1.29 is 24.2 Å². The fraction of sp³-hybridized carbons (Fsp3) is 0.903.